The predicted octanol–water partition coefficient (Wildman–Crippen LogP) is 7.86. The van der Waals surface area contributed by atoms with Crippen LogP contribution in [0.5, 0.6) is 0 Å². The molecule has 0 bridgehead atoms. The number of hydrogen-bond acceptors (Lipinski definition) is 13. The third-order valence-electron chi connectivity index (χ3n) is 17.7. The highest BCUT2D eigenvalue weighted by atomic mass is 16.7. The zero-order chi connectivity index (χ0) is 57.4. The molecule has 4 fully saturated rings. The lowest BCUT2D eigenvalue weighted by atomic mass is 9.83. The van der Waals surface area contributed by atoms with Gasteiger partial charge in [-0.1, -0.05) is 85.2 Å². The van der Waals surface area contributed by atoms with Gasteiger partial charge in [0.15, 0.2) is 5.78 Å². The fourth-order valence-electron chi connectivity index (χ4n) is 12.8. The Kier molecular flexibility index (Phi) is 25.0. The Morgan fingerprint density at radius 2 is 1.46 bits per heavy atom. The summed E-state index contributed by atoms with van der Waals surface area (Å²) in [5.41, 5.74) is 0.115. The van der Waals surface area contributed by atoms with Crippen molar-refractivity contribution in [2.45, 2.75) is 200 Å². The van der Waals surface area contributed by atoms with E-state index in [1.54, 1.807) is 31.1 Å². The zero-order valence-electron chi connectivity index (χ0n) is 49.5. The summed E-state index contributed by atoms with van der Waals surface area (Å²) < 4.78 is 18.1. The van der Waals surface area contributed by atoms with Crippen LogP contribution in [0.25, 0.3) is 0 Å². The quantitative estimate of drug-likeness (QED) is 0.0655. The molecule has 0 aromatic heterocycles. The summed E-state index contributed by atoms with van der Waals surface area (Å²) in [7, 11) is 6.79. The van der Waals surface area contributed by atoms with E-state index in [-0.39, 0.29) is 108 Å². The van der Waals surface area contributed by atoms with E-state index in [0.29, 0.717) is 97.1 Å². The van der Waals surface area contributed by atoms with Crippen molar-refractivity contribution in [3.63, 3.8) is 0 Å². The molecule has 5 rings (SSSR count). The molecular weight excluding hydrogens is 995 g/mol. The number of benzene rings is 1. The second-order valence-corrected chi connectivity index (χ2v) is 23.9. The Labute approximate surface area is 466 Å². The number of ether oxygens (including phenoxy) is 3. The number of carbonyl (C=O) groups excluding carboxylic acids is 8. The maximum Gasteiger partial charge on any atom is 0.306 e. The topological polar surface area (TPSA) is 190 Å². The number of ketones is 3. The lowest BCUT2D eigenvalue weighted by molar-refractivity contribution is -0.203. The minimum Gasteiger partial charge on any atom is -0.462 e. The minimum atomic E-state index is -0.910. The molecule has 1 aromatic carbocycles. The predicted molar refractivity (Wildman–Crippen MR) is 298 cm³/mol. The molecule has 10 atom stereocenters. The standard InChI is InChI=1S/C61H97N5O12/c1-13-42(6)57(63(10)59(73)47(40(2)3)36-50(68)56(41(4)5)62(9)30-21-27-55(72)78-46-28-33-64(34-29-46)53(70)26-19-22-43(7)67)52(75-11)37-54(71)65-31-20-25-49(65)58(76-12)44(8)51(69)39-61(60(74)66-32-17-18-35-77-66)38-48(61)45-23-15-14-16-24-45/h14-16,23-24,40-42,44,46-49,52,56-58H,13,17-22,25-39H2,1-12H3/t42-,44-,47-,48+,49-,52+,56-,57-,58+,61-/m0/s1. The molecule has 3 saturated heterocycles. The van der Waals surface area contributed by atoms with Crippen molar-refractivity contribution >= 4 is 46.9 Å². The Morgan fingerprint density at radius 1 is 0.769 bits per heavy atom. The maximum atomic E-state index is 14.8. The summed E-state index contributed by atoms with van der Waals surface area (Å²) in [4.78, 5) is 123. The molecule has 17 nitrogen and oxygen atoms in total. The number of hydroxylamine groups is 2. The van der Waals surface area contributed by atoms with E-state index < -0.39 is 41.5 Å². The normalized spacial score (nSPS) is 22.6. The van der Waals surface area contributed by atoms with Crippen LogP contribution < -0.4 is 0 Å². The van der Waals surface area contributed by atoms with Gasteiger partial charge in [0.05, 0.1) is 48.8 Å². The molecule has 1 aliphatic carbocycles. The van der Waals surface area contributed by atoms with E-state index in [1.165, 1.54) is 12.0 Å². The van der Waals surface area contributed by atoms with Crippen molar-refractivity contribution < 1.29 is 57.4 Å². The molecule has 4 aliphatic rings. The number of carbonyl (C=O) groups is 8. The molecule has 0 N–H and O–H groups in total. The van der Waals surface area contributed by atoms with E-state index in [1.807, 2.05) is 88.7 Å². The molecule has 78 heavy (non-hydrogen) atoms. The van der Waals surface area contributed by atoms with Gasteiger partial charge >= 0.3 is 5.97 Å². The average molecular weight is 1090 g/mol. The highest BCUT2D eigenvalue weighted by Crippen LogP contribution is 2.63. The van der Waals surface area contributed by atoms with Gasteiger partial charge in [0, 0.05) is 104 Å². The van der Waals surface area contributed by atoms with Crippen LogP contribution in [0.4, 0.5) is 0 Å². The molecule has 1 saturated carbocycles. The lowest BCUT2D eigenvalue weighted by Gasteiger charge is -2.41. The van der Waals surface area contributed by atoms with Crippen LogP contribution in [0.2, 0.25) is 0 Å². The van der Waals surface area contributed by atoms with Gasteiger partial charge in [-0.2, -0.15) is 0 Å². The monoisotopic (exact) mass is 1090 g/mol. The first-order valence-corrected chi connectivity index (χ1v) is 29.4. The number of nitrogens with zero attached hydrogens (tertiary/aromatic N) is 5. The smallest absolute Gasteiger partial charge is 0.306 e. The van der Waals surface area contributed by atoms with Gasteiger partial charge in [0.1, 0.15) is 17.7 Å². The van der Waals surface area contributed by atoms with E-state index in [0.717, 1.165) is 24.8 Å². The van der Waals surface area contributed by atoms with Crippen LogP contribution in [0, 0.1) is 35.0 Å². The van der Waals surface area contributed by atoms with Gasteiger partial charge in [-0.25, -0.2) is 5.06 Å². The first kappa shape index (κ1) is 64.2. The second-order valence-electron chi connectivity index (χ2n) is 23.9. The van der Waals surface area contributed by atoms with E-state index in [9.17, 15) is 38.4 Å². The van der Waals surface area contributed by atoms with Crippen LogP contribution in [-0.4, -0.2) is 176 Å². The van der Waals surface area contributed by atoms with Crippen molar-refractivity contribution in [2.75, 3.05) is 67.6 Å². The van der Waals surface area contributed by atoms with Crippen LogP contribution in [0.3, 0.4) is 0 Å². The first-order chi connectivity index (χ1) is 37.1. The molecule has 0 unspecified atom stereocenters. The van der Waals surface area contributed by atoms with Crippen molar-refractivity contribution in [1.29, 1.82) is 0 Å². The number of likely N-dealkylation sites (tertiary alicyclic amines) is 2. The van der Waals surface area contributed by atoms with Crippen molar-refractivity contribution in [2.24, 2.45) is 35.0 Å². The van der Waals surface area contributed by atoms with Gasteiger partial charge in [0.25, 0.3) is 5.91 Å². The molecule has 3 aliphatic heterocycles. The number of esters is 1. The molecule has 1 aromatic rings. The van der Waals surface area contributed by atoms with Crippen LogP contribution in [0.1, 0.15) is 170 Å². The fourth-order valence-corrected chi connectivity index (χ4v) is 12.8. The summed E-state index contributed by atoms with van der Waals surface area (Å²) in [6.45, 7) is 18.3. The fraction of sp³-hybridized carbons (Fsp3) is 0.770. The largest absolute Gasteiger partial charge is 0.462 e. The Morgan fingerprint density at radius 3 is 2.05 bits per heavy atom. The SMILES string of the molecule is CC[C@H](C)[C@@H]([C@@H](CC(=O)N1CCC[C@H]1[C@H](OC)[C@@H](C)C(=O)C[C@@]1(C(=O)N2CCCCO2)C[C@@H]1c1ccccc1)OC)N(C)C(=O)[C@@H](CC(=O)[C@H](C(C)C)N(C)CCCC(=O)OC1CCN(C(=O)CCCC(C)=O)CC1)C(C)C. The van der Waals surface area contributed by atoms with Crippen molar-refractivity contribution in [3.8, 4) is 0 Å². The Balaban J connectivity index is 1.19. The number of Topliss-reactive ketones (excluding diaryl/α,β-unsaturated/α-hetero) is 3. The molecular formula is C61H97N5O12. The number of hydrogen-bond donors (Lipinski definition) is 0. The van der Waals surface area contributed by atoms with E-state index in [2.05, 4.69) is 6.92 Å². The number of methoxy groups -OCH3 is 2. The maximum absolute atomic E-state index is 14.8. The lowest BCUT2D eigenvalue weighted by Crippen LogP contribution is -2.54. The van der Waals surface area contributed by atoms with Gasteiger partial charge in [-0.05, 0) is 94.7 Å². The number of likely N-dealkylation sites (N-methyl/N-ethyl adjacent to an activating group) is 2. The summed E-state index contributed by atoms with van der Waals surface area (Å²) in [5.74, 6) is -2.51. The van der Waals surface area contributed by atoms with E-state index >= 15 is 0 Å². The Bertz CT molecular complexity index is 2160. The number of rotatable bonds is 31. The average Bonchev–Trinajstić information content (AvgIpc) is 4.04. The zero-order valence-corrected chi connectivity index (χ0v) is 49.5. The molecule has 3 heterocycles. The Hall–Kier alpha value is -4.58. The first-order valence-electron chi connectivity index (χ1n) is 29.4. The highest BCUT2D eigenvalue weighted by molar-refractivity contribution is 5.94. The van der Waals surface area contributed by atoms with Crippen molar-refractivity contribution in [1.82, 2.24) is 24.7 Å². The number of amides is 4. The second kappa shape index (κ2) is 30.3. The van der Waals surface area contributed by atoms with Crippen LogP contribution in [0.15, 0.2) is 30.3 Å². The van der Waals surface area contributed by atoms with Gasteiger partial charge < -0.3 is 33.7 Å². The van der Waals surface area contributed by atoms with Gasteiger partial charge in [-0.3, -0.25) is 43.3 Å². The number of piperidine rings is 1. The van der Waals surface area contributed by atoms with Crippen LogP contribution >= 0.6 is 0 Å². The highest BCUT2D eigenvalue weighted by Gasteiger charge is 2.63. The summed E-state index contributed by atoms with van der Waals surface area (Å²) in [5, 5.41) is 1.47. The molecule has 0 spiro atoms. The van der Waals surface area contributed by atoms with Gasteiger partial charge in [-0.15, -0.1) is 0 Å². The summed E-state index contributed by atoms with van der Waals surface area (Å²) in [6.07, 6.45) is 5.96. The third-order valence-corrected chi connectivity index (χ3v) is 17.7. The minimum absolute atomic E-state index is 0.00602. The van der Waals surface area contributed by atoms with E-state index in [4.69, 9.17) is 19.0 Å². The van der Waals surface area contributed by atoms with Gasteiger partial charge in [0.2, 0.25) is 17.7 Å². The third kappa shape index (κ3) is 16.7. The van der Waals surface area contributed by atoms with Crippen molar-refractivity contribution in [3.05, 3.63) is 35.9 Å². The summed E-state index contributed by atoms with van der Waals surface area (Å²) >= 11 is 0. The summed E-state index contributed by atoms with van der Waals surface area (Å²) in [6, 6.07) is 8.51. The van der Waals surface area contributed by atoms with Crippen LogP contribution in [-0.2, 0) is 57.4 Å². The molecule has 4 amide bonds. The molecule has 0 radical (unpaired) electrons. The molecule has 17 heteroatoms. The molecule has 438 valence electrons.